The van der Waals surface area contributed by atoms with Crippen molar-refractivity contribution in [2.45, 2.75) is 12.5 Å². The summed E-state index contributed by atoms with van der Waals surface area (Å²) >= 11 is 0. The third kappa shape index (κ3) is 3.45. The molecule has 4 rings (SSSR count). The van der Waals surface area contributed by atoms with Crippen LogP contribution in [0.2, 0.25) is 0 Å². The Kier molecular flexibility index (Phi) is 5.30. The SMILES string of the molecule is COc1ccc2c(=O)c3c(oc2c1)C(=O)N(CCC[NH+](C)C)[C@H]3c1cccc(F)c1. The molecule has 0 bridgehead atoms. The van der Waals surface area contributed by atoms with E-state index in [9.17, 15) is 14.0 Å². The van der Waals surface area contributed by atoms with Crippen molar-refractivity contribution in [1.29, 1.82) is 0 Å². The highest BCUT2D eigenvalue weighted by Crippen LogP contribution is 2.38. The van der Waals surface area contributed by atoms with E-state index in [0.29, 0.717) is 28.8 Å². The van der Waals surface area contributed by atoms with Crippen LogP contribution in [-0.4, -0.2) is 45.1 Å². The van der Waals surface area contributed by atoms with E-state index in [2.05, 4.69) is 0 Å². The van der Waals surface area contributed by atoms with E-state index in [1.54, 1.807) is 35.2 Å². The Morgan fingerprint density at radius 1 is 1.17 bits per heavy atom. The van der Waals surface area contributed by atoms with Crippen molar-refractivity contribution in [3.8, 4) is 5.75 Å². The normalized spacial score (nSPS) is 15.8. The maximum absolute atomic E-state index is 14.0. The highest BCUT2D eigenvalue weighted by Gasteiger charge is 2.42. The van der Waals surface area contributed by atoms with Crippen LogP contribution < -0.4 is 15.1 Å². The van der Waals surface area contributed by atoms with Crippen LogP contribution in [0.15, 0.2) is 51.7 Å². The van der Waals surface area contributed by atoms with Gasteiger partial charge in [-0.05, 0) is 29.8 Å². The van der Waals surface area contributed by atoms with Gasteiger partial charge in [-0.2, -0.15) is 0 Å². The second-order valence-electron chi connectivity index (χ2n) is 7.80. The van der Waals surface area contributed by atoms with Gasteiger partial charge < -0.3 is 19.0 Å². The van der Waals surface area contributed by atoms with Crippen LogP contribution in [0.3, 0.4) is 0 Å². The highest BCUT2D eigenvalue weighted by molar-refractivity contribution is 5.99. The molecular weight excluding hydrogens is 387 g/mol. The van der Waals surface area contributed by atoms with Gasteiger partial charge in [0.15, 0.2) is 5.43 Å². The molecule has 3 aromatic rings. The molecule has 1 N–H and O–H groups in total. The molecule has 1 aliphatic rings. The molecule has 1 aromatic heterocycles. The molecule has 2 aromatic carbocycles. The fourth-order valence-corrected chi connectivity index (χ4v) is 3.98. The third-order valence-corrected chi connectivity index (χ3v) is 5.42. The van der Waals surface area contributed by atoms with Gasteiger partial charge in [-0.1, -0.05) is 12.1 Å². The van der Waals surface area contributed by atoms with Gasteiger partial charge in [-0.3, -0.25) is 9.59 Å². The molecule has 6 nitrogen and oxygen atoms in total. The molecule has 0 fully saturated rings. The lowest BCUT2D eigenvalue weighted by molar-refractivity contribution is -0.858. The minimum absolute atomic E-state index is 0.0206. The first-order valence-electron chi connectivity index (χ1n) is 9.91. The van der Waals surface area contributed by atoms with E-state index in [1.165, 1.54) is 24.1 Å². The van der Waals surface area contributed by atoms with E-state index in [-0.39, 0.29) is 22.7 Å². The van der Waals surface area contributed by atoms with Crippen molar-refractivity contribution in [2.24, 2.45) is 0 Å². The Bertz CT molecular complexity index is 1170. The lowest BCUT2D eigenvalue weighted by Gasteiger charge is -2.25. The monoisotopic (exact) mass is 411 g/mol. The van der Waals surface area contributed by atoms with E-state index in [1.807, 2.05) is 14.1 Å². The van der Waals surface area contributed by atoms with Crippen molar-refractivity contribution < 1.29 is 23.2 Å². The molecule has 2 heterocycles. The smallest absolute Gasteiger partial charge is 0.290 e. The van der Waals surface area contributed by atoms with Crippen molar-refractivity contribution in [1.82, 2.24) is 4.90 Å². The largest absolute Gasteiger partial charge is 0.497 e. The Hall–Kier alpha value is -3.19. The lowest BCUT2D eigenvalue weighted by atomic mass is 9.98. The van der Waals surface area contributed by atoms with Gasteiger partial charge in [-0.25, -0.2) is 4.39 Å². The molecule has 0 aliphatic carbocycles. The van der Waals surface area contributed by atoms with Gasteiger partial charge in [0, 0.05) is 19.0 Å². The van der Waals surface area contributed by atoms with Crippen molar-refractivity contribution in [3.05, 3.63) is 75.4 Å². The number of rotatable bonds is 6. The maximum atomic E-state index is 14.0. The average Bonchev–Trinajstić information content (AvgIpc) is 3.00. The zero-order valence-corrected chi connectivity index (χ0v) is 17.2. The van der Waals surface area contributed by atoms with Crippen molar-refractivity contribution in [2.75, 3.05) is 34.3 Å². The van der Waals surface area contributed by atoms with Crippen LogP contribution in [0.1, 0.15) is 34.1 Å². The summed E-state index contributed by atoms with van der Waals surface area (Å²) in [7, 11) is 5.60. The molecule has 156 valence electrons. The second kappa shape index (κ2) is 7.91. The summed E-state index contributed by atoms with van der Waals surface area (Å²) in [5.74, 6) is -0.216. The fraction of sp³-hybridized carbons (Fsp3) is 0.304. The van der Waals surface area contributed by atoms with Crippen molar-refractivity contribution in [3.63, 3.8) is 0 Å². The van der Waals surface area contributed by atoms with Crippen LogP contribution in [-0.2, 0) is 0 Å². The number of benzene rings is 2. The number of carbonyl (C=O) groups is 1. The molecule has 0 radical (unpaired) electrons. The standard InChI is InChI=1S/C23H23FN2O4/c1-25(2)10-5-11-26-20(14-6-4-7-15(24)12-14)19-21(27)17-9-8-16(29-3)13-18(17)30-22(19)23(26)28/h4,6-9,12-13,20H,5,10-11H2,1-3H3/p+1/t20-/m0/s1. The molecule has 7 heteroatoms. The van der Waals surface area contributed by atoms with Crippen LogP contribution in [0.5, 0.6) is 5.75 Å². The first-order valence-corrected chi connectivity index (χ1v) is 9.91. The zero-order chi connectivity index (χ0) is 21.4. The molecule has 0 saturated carbocycles. The first kappa shape index (κ1) is 20.1. The second-order valence-corrected chi connectivity index (χ2v) is 7.80. The average molecular weight is 411 g/mol. The number of fused-ring (bicyclic) bond motifs is 2. The van der Waals surface area contributed by atoms with E-state index in [4.69, 9.17) is 9.15 Å². The predicted octanol–water partition coefficient (Wildman–Crippen LogP) is 2.02. The number of hydrogen-bond donors (Lipinski definition) is 1. The quantitative estimate of drug-likeness (QED) is 0.674. The number of nitrogens with one attached hydrogen (secondary N) is 1. The lowest BCUT2D eigenvalue weighted by Crippen LogP contribution is -3.05. The summed E-state index contributed by atoms with van der Waals surface area (Å²) in [6.07, 6.45) is 0.745. The number of amides is 1. The summed E-state index contributed by atoms with van der Waals surface area (Å²) < 4.78 is 25.1. The third-order valence-electron chi connectivity index (χ3n) is 5.42. The van der Waals surface area contributed by atoms with E-state index >= 15 is 0 Å². The summed E-state index contributed by atoms with van der Waals surface area (Å²) in [6.45, 7) is 1.30. The number of carbonyl (C=O) groups excluding carboxylic acids is 1. The number of hydrogen-bond acceptors (Lipinski definition) is 4. The van der Waals surface area contributed by atoms with Gasteiger partial charge in [0.05, 0.1) is 44.7 Å². The van der Waals surface area contributed by atoms with Crippen molar-refractivity contribution >= 4 is 16.9 Å². The maximum Gasteiger partial charge on any atom is 0.290 e. The zero-order valence-electron chi connectivity index (χ0n) is 17.2. The number of halogens is 1. The van der Waals surface area contributed by atoms with Gasteiger partial charge in [0.1, 0.15) is 17.1 Å². The molecule has 0 spiro atoms. The van der Waals surface area contributed by atoms with Crippen LogP contribution in [0.25, 0.3) is 11.0 Å². The van der Waals surface area contributed by atoms with Crippen LogP contribution >= 0.6 is 0 Å². The first-order chi connectivity index (χ1) is 14.4. The molecule has 30 heavy (non-hydrogen) atoms. The Balaban J connectivity index is 1.88. The number of methoxy groups -OCH3 is 1. The van der Waals surface area contributed by atoms with E-state index < -0.39 is 11.9 Å². The fourth-order valence-electron chi connectivity index (χ4n) is 3.98. The Morgan fingerprint density at radius 3 is 2.67 bits per heavy atom. The topological polar surface area (TPSA) is 64.2 Å². The minimum Gasteiger partial charge on any atom is -0.497 e. The highest BCUT2D eigenvalue weighted by atomic mass is 19.1. The molecule has 1 amide bonds. The summed E-state index contributed by atoms with van der Waals surface area (Å²) in [5, 5.41) is 0.364. The Labute approximate surface area is 173 Å². The Morgan fingerprint density at radius 2 is 1.97 bits per heavy atom. The van der Waals surface area contributed by atoms with Crippen LogP contribution in [0.4, 0.5) is 4.39 Å². The number of quaternary nitrogens is 1. The van der Waals surface area contributed by atoms with Gasteiger partial charge in [0.2, 0.25) is 5.76 Å². The molecule has 1 aliphatic heterocycles. The predicted molar refractivity (Wildman–Crippen MR) is 111 cm³/mol. The van der Waals surface area contributed by atoms with Gasteiger partial charge >= 0.3 is 0 Å². The summed E-state index contributed by atoms with van der Waals surface area (Å²) in [4.78, 5) is 29.5. The summed E-state index contributed by atoms with van der Waals surface area (Å²) in [5.41, 5.74) is 0.834. The molecular formula is C23H24FN2O4+. The van der Waals surface area contributed by atoms with Crippen LogP contribution in [0, 0.1) is 5.82 Å². The minimum atomic E-state index is -0.678. The van der Waals surface area contributed by atoms with E-state index in [0.717, 1.165) is 13.0 Å². The molecule has 0 unspecified atom stereocenters. The van der Waals surface area contributed by atoms with Gasteiger partial charge in [-0.15, -0.1) is 0 Å². The number of ether oxygens (including phenoxy) is 1. The summed E-state index contributed by atoms with van der Waals surface area (Å²) in [6, 6.07) is 10.3. The molecule has 1 atom stereocenters. The molecule has 0 saturated heterocycles. The number of nitrogens with zero attached hydrogens (tertiary/aromatic N) is 1. The van der Waals surface area contributed by atoms with Gasteiger partial charge in [0.25, 0.3) is 5.91 Å².